The van der Waals surface area contributed by atoms with Crippen LogP contribution in [0, 0.1) is 0 Å². The van der Waals surface area contributed by atoms with Gasteiger partial charge in [-0.3, -0.25) is 19.4 Å². The second kappa shape index (κ2) is 13.6. The maximum atomic E-state index is 12.7. The van der Waals surface area contributed by atoms with E-state index in [0.717, 1.165) is 0 Å². The fourth-order valence-corrected chi connectivity index (χ4v) is 2.62. The first-order valence-electron chi connectivity index (χ1n) is 10.1. The Morgan fingerprint density at radius 2 is 1.79 bits per heavy atom. The number of carboxylic acid groups (broad SMARTS) is 1. The lowest BCUT2D eigenvalue weighted by molar-refractivity contribution is -0.142. The summed E-state index contributed by atoms with van der Waals surface area (Å²) in [5.74, 6) is -3.60. The van der Waals surface area contributed by atoms with Crippen molar-refractivity contribution in [2.24, 2.45) is 22.2 Å². The van der Waals surface area contributed by atoms with Gasteiger partial charge in [0.2, 0.25) is 17.7 Å². The molecular formula is C18H31N9O6. The number of rotatable bonds is 14. The number of carboxylic acids is 1. The van der Waals surface area contributed by atoms with Gasteiger partial charge in [0.15, 0.2) is 5.96 Å². The number of H-pyrrole nitrogens is 1. The number of nitrogens with zero attached hydrogens (tertiary/aromatic N) is 2. The van der Waals surface area contributed by atoms with E-state index in [1.165, 1.54) is 19.4 Å². The molecule has 0 aliphatic heterocycles. The van der Waals surface area contributed by atoms with Gasteiger partial charge in [-0.2, -0.15) is 0 Å². The Kier molecular flexibility index (Phi) is 11.3. The summed E-state index contributed by atoms with van der Waals surface area (Å²) in [6.45, 7) is 0.933. The van der Waals surface area contributed by atoms with Gasteiger partial charge in [0.05, 0.1) is 12.9 Å². The van der Waals surface area contributed by atoms with Crippen molar-refractivity contribution < 1.29 is 29.4 Å². The Hall–Kier alpha value is -3.72. The van der Waals surface area contributed by atoms with Crippen LogP contribution in [-0.4, -0.2) is 87.2 Å². The molecule has 4 atom stereocenters. The van der Waals surface area contributed by atoms with Crippen LogP contribution in [0.3, 0.4) is 0 Å². The lowest BCUT2D eigenvalue weighted by Crippen LogP contribution is -2.57. The number of imidazole rings is 1. The molecule has 4 unspecified atom stereocenters. The van der Waals surface area contributed by atoms with E-state index < -0.39 is 54.5 Å². The highest BCUT2D eigenvalue weighted by atomic mass is 16.4. The largest absolute Gasteiger partial charge is 0.480 e. The van der Waals surface area contributed by atoms with E-state index in [2.05, 4.69) is 30.9 Å². The predicted molar refractivity (Wildman–Crippen MR) is 116 cm³/mol. The number of nitrogens with one attached hydrogen (secondary N) is 4. The molecule has 0 aliphatic rings. The molecule has 0 fully saturated rings. The highest BCUT2D eigenvalue weighted by Crippen LogP contribution is 2.02. The standard InChI is InChI=1S/C18H31N9O6/c1-9(14(29)26-12(17(32)33)3-2-4-23-18(20)21)25-16(31)13(5-10-6-22-8-24-10)27-15(30)11(19)7-28/h6,8-9,11-13,28H,2-5,7,19H2,1H3,(H,22,24)(H,25,31)(H,26,29)(H,27,30)(H,32,33)(H4,20,21,23). The Morgan fingerprint density at radius 3 is 2.33 bits per heavy atom. The van der Waals surface area contributed by atoms with E-state index in [4.69, 9.17) is 22.3 Å². The molecule has 1 rings (SSSR count). The second-order valence-electron chi connectivity index (χ2n) is 7.21. The van der Waals surface area contributed by atoms with Crippen molar-refractivity contribution in [2.75, 3.05) is 13.2 Å². The molecular weight excluding hydrogens is 438 g/mol. The molecule has 1 aromatic rings. The molecule has 12 N–H and O–H groups in total. The third kappa shape index (κ3) is 9.96. The molecule has 15 nitrogen and oxygen atoms in total. The maximum absolute atomic E-state index is 12.7. The number of aromatic amines is 1. The molecule has 0 saturated carbocycles. The molecule has 0 spiro atoms. The number of aromatic nitrogens is 2. The monoisotopic (exact) mass is 469 g/mol. The molecule has 0 radical (unpaired) electrons. The summed E-state index contributed by atoms with van der Waals surface area (Å²) in [5, 5.41) is 25.5. The Labute approximate surface area is 189 Å². The number of aliphatic imine (C=N–C) groups is 1. The van der Waals surface area contributed by atoms with Crippen LogP contribution in [0.25, 0.3) is 0 Å². The lowest BCUT2D eigenvalue weighted by atomic mass is 10.1. The van der Waals surface area contributed by atoms with E-state index in [9.17, 15) is 24.3 Å². The minimum Gasteiger partial charge on any atom is -0.480 e. The van der Waals surface area contributed by atoms with Crippen LogP contribution in [0.2, 0.25) is 0 Å². The summed E-state index contributed by atoms with van der Waals surface area (Å²) < 4.78 is 0. The fourth-order valence-electron chi connectivity index (χ4n) is 2.62. The van der Waals surface area contributed by atoms with Crippen LogP contribution in [-0.2, 0) is 25.6 Å². The SMILES string of the molecule is CC(NC(=O)C(Cc1cnc[nH]1)NC(=O)C(N)CO)C(=O)NC(CCCN=C(N)N)C(=O)O. The van der Waals surface area contributed by atoms with Crippen molar-refractivity contribution in [1.82, 2.24) is 25.9 Å². The van der Waals surface area contributed by atoms with Crippen molar-refractivity contribution in [3.63, 3.8) is 0 Å². The minimum atomic E-state index is -1.26. The Bertz CT molecular complexity index is 825. The molecule has 33 heavy (non-hydrogen) atoms. The summed E-state index contributed by atoms with van der Waals surface area (Å²) in [5.41, 5.74) is 16.4. The van der Waals surface area contributed by atoms with E-state index in [1.807, 2.05) is 0 Å². The maximum Gasteiger partial charge on any atom is 0.326 e. The van der Waals surface area contributed by atoms with Crippen LogP contribution >= 0.6 is 0 Å². The van der Waals surface area contributed by atoms with Gasteiger partial charge >= 0.3 is 5.97 Å². The fraction of sp³-hybridized carbons (Fsp3) is 0.556. The van der Waals surface area contributed by atoms with Crippen LogP contribution in [0.1, 0.15) is 25.5 Å². The summed E-state index contributed by atoms with van der Waals surface area (Å²) in [6.07, 6.45) is 3.22. The first kappa shape index (κ1) is 27.3. The molecule has 3 amide bonds. The van der Waals surface area contributed by atoms with Crippen LogP contribution < -0.4 is 33.2 Å². The number of carbonyl (C=O) groups is 4. The molecule has 1 aromatic heterocycles. The van der Waals surface area contributed by atoms with E-state index in [1.54, 1.807) is 0 Å². The van der Waals surface area contributed by atoms with E-state index in [-0.39, 0.29) is 25.3 Å². The third-order valence-electron chi connectivity index (χ3n) is 4.46. The summed E-state index contributed by atoms with van der Waals surface area (Å²) in [6, 6.07) is -4.71. The van der Waals surface area contributed by atoms with Crippen molar-refractivity contribution in [3.05, 3.63) is 18.2 Å². The number of carbonyl (C=O) groups excluding carboxylic acids is 3. The summed E-state index contributed by atoms with van der Waals surface area (Å²) >= 11 is 0. The minimum absolute atomic E-state index is 0.00655. The number of hydrogen-bond acceptors (Lipinski definition) is 8. The van der Waals surface area contributed by atoms with Crippen LogP contribution in [0.4, 0.5) is 0 Å². The highest BCUT2D eigenvalue weighted by molar-refractivity contribution is 5.94. The quantitative estimate of drug-likeness (QED) is 0.0721. The van der Waals surface area contributed by atoms with Gasteiger partial charge in [-0.05, 0) is 19.8 Å². The zero-order valence-electron chi connectivity index (χ0n) is 18.2. The van der Waals surface area contributed by atoms with Crippen molar-refractivity contribution in [2.45, 2.75) is 50.4 Å². The van der Waals surface area contributed by atoms with Gasteiger partial charge in [-0.1, -0.05) is 0 Å². The van der Waals surface area contributed by atoms with Gasteiger partial charge in [-0.15, -0.1) is 0 Å². The average molecular weight is 470 g/mol. The van der Waals surface area contributed by atoms with Gasteiger partial charge < -0.3 is 48.3 Å². The topological polar surface area (TPSA) is 264 Å². The van der Waals surface area contributed by atoms with Gasteiger partial charge in [0, 0.05) is 24.9 Å². The second-order valence-corrected chi connectivity index (χ2v) is 7.21. The molecule has 0 bridgehead atoms. The smallest absolute Gasteiger partial charge is 0.326 e. The molecule has 0 aromatic carbocycles. The summed E-state index contributed by atoms with van der Waals surface area (Å²) in [7, 11) is 0. The van der Waals surface area contributed by atoms with Crippen LogP contribution in [0.15, 0.2) is 17.5 Å². The van der Waals surface area contributed by atoms with Gasteiger partial charge in [0.1, 0.15) is 24.2 Å². The number of hydrogen-bond donors (Lipinski definition) is 9. The number of aliphatic carboxylic acids is 1. The highest BCUT2D eigenvalue weighted by Gasteiger charge is 2.28. The van der Waals surface area contributed by atoms with Crippen LogP contribution in [0.5, 0.6) is 0 Å². The molecule has 15 heteroatoms. The van der Waals surface area contributed by atoms with Gasteiger partial charge in [0.25, 0.3) is 0 Å². The van der Waals surface area contributed by atoms with Crippen molar-refractivity contribution in [1.29, 1.82) is 0 Å². The van der Waals surface area contributed by atoms with E-state index >= 15 is 0 Å². The number of amides is 3. The van der Waals surface area contributed by atoms with Crippen molar-refractivity contribution in [3.8, 4) is 0 Å². The Morgan fingerprint density at radius 1 is 1.12 bits per heavy atom. The van der Waals surface area contributed by atoms with Crippen molar-refractivity contribution >= 4 is 29.7 Å². The zero-order valence-corrected chi connectivity index (χ0v) is 18.2. The van der Waals surface area contributed by atoms with Gasteiger partial charge in [-0.25, -0.2) is 9.78 Å². The number of nitrogens with two attached hydrogens (primary N) is 3. The molecule has 0 aliphatic carbocycles. The first-order chi connectivity index (χ1) is 15.5. The molecule has 184 valence electrons. The summed E-state index contributed by atoms with van der Waals surface area (Å²) in [4.78, 5) is 59.0. The molecule has 0 saturated heterocycles. The number of guanidine groups is 1. The zero-order chi connectivity index (χ0) is 25.0. The number of aliphatic hydroxyl groups is 1. The lowest BCUT2D eigenvalue weighted by Gasteiger charge is -2.23. The normalized spacial score (nSPS) is 14.3. The average Bonchev–Trinajstić information content (AvgIpc) is 3.27. The third-order valence-corrected chi connectivity index (χ3v) is 4.46. The Balaban J connectivity index is 2.75. The predicted octanol–water partition coefficient (Wildman–Crippen LogP) is -4.12. The van der Waals surface area contributed by atoms with E-state index in [0.29, 0.717) is 12.1 Å². The molecule has 1 heterocycles. The number of aliphatic hydroxyl groups excluding tert-OH is 1. The first-order valence-corrected chi connectivity index (χ1v) is 10.1.